The Bertz CT molecular complexity index is 639. The van der Waals surface area contributed by atoms with Gasteiger partial charge in [0.25, 0.3) is 0 Å². The molecular formula is C18H21NO2S. The van der Waals surface area contributed by atoms with Gasteiger partial charge in [-0.2, -0.15) is 0 Å². The molecule has 2 aromatic rings. The quantitative estimate of drug-likeness (QED) is 0.831. The molecule has 0 amide bonds. The molecule has 2 heterocycles. The molecule has 116 valence electrons. The summed E-state index contributed by atoms with van der Waals surface area (Å²) in [5.74, 6) is 0. The van der Waals surface area contributed by atoms with Crippen LogP contribution in [0.5, 0.6) is 0 Å². The Hall–Kier alpha value is -1.33. The maximum Gasteiger partial charge on any atom is 0.0735 e. The van der Waals surface area contributed by atoms with E-state index in [4.69, 9.17) is 4.18 Å². The number of hydrogen-bond donors (Lipinski definition) is 1. The molecule has 0 spiro atoms. The molecule has 0 aromatic heterocycles. The van der Waals surface area contributed by atoms with E-state index in [0.29, 0.717) is 6.61 Å². The maximum atomic E-state index is 11.3. The van der Waals surface area contributed by atoms with Crippen LogP contribution in [0, 0.1) is 0 Å². The first kappa shape index (κ1) is 14.3. The van der Waals surface area contributed by atoms with Crippen molar-refractivity contribution < 1.29 is 8.74 Å². The Morgan fingerprint density at radius 2 is 1.55 bits per heavy atom. The van der Waals surface area contributed by atoms with Gasteiger partial charge in [-0.05, 0) is 38.1 Å². The molecule has 1 N–H and O–H groups in total. The van der Waals surface area contributed by atoms with Crippen molar-refractivity contribution in [2.45, 2.75) is 22.6 Å². The predicted octanol–water partition coefficient (Wildman–Crippen LogP) is 4.39. The lowest BCUT2D eigenvalue weighted by atomic mass is 10.1. The summed E-state index contributed by atoms with van der Waals surface area (Å²) in [5, 5.41) is 0. The van der Waals surface area contributed by atoms with Gasteiger partial charge in [0.1, 0.15) is 0 Å². The standard InChI is InChI=1S/C18H21NO2S/c20-22(21-14-6-13-19-11-5-12-19)17-9-3-1-7-15(17)16-8-2-4-10-18(16)22/h1-4,7-10,20H,5-6,11-14H2. The van der Waals surface area contributed by atoms with Crippen molar-refractivity contribution in [3.05, 3.63) is 48.5 Å². The first-order chi connectivity index (χ1) is 10.8. The number of fused-ring (bicyclic) bond motifs is 3. The summed E-state index contributed by atoms with van der Waals surface area (Å²) in [5.41, 5.74) is 2.22. The zero-order valence-corrected chi connectivity index (χ0v) is 13.4. The Morgan fingerprint density at radius 3 is 2.09 bits per heavy atom. The SMILES string of the molecule is OS1(OCCCN2CCC2)c2ccccc2-c2ccccc21. The summed E-state index contributed by atoms with van der Waals surface area (Å²) >= 11 is 0. The van der Waals surface area contributed by atoms with E-state index in [0.717, 1.165) is 33.9 Å². The van der Waals surface area contributed by atoms with Gasteiger partial charge >= 0.3 is 0 Å². The highest BCUT2D eigenvalue weighted by Gasteiger charge is 2.35. The summed E-state index contributed by atoms with van der Waals surface area (Å²) in [6.45, 7) is 4.09. The minimum Gasteiger partial charge on any atom is -0.303 e. The fourth-order valence-corrected chi connectivity index (χ4v) is 5.51. The topological polar surface area (TPSA) is 32.7 Å². The van der Waals surface area contributed by atoms with Gasteiger partial charge < -0.3 is 4.90 Å². The predicted molar refractivity (Wildman–Crippen MR) is 90.3 cm³/mol. The third-order valence-corrected chi connectivity index (χ3v) is 6.89. The molecule has 3 nitrogen and oxygen atoms in total. The lowest BCUT2D eigenvalue weighted by Gasteiger charge is -2.36. The van der Waals surface area contributed by atoms with E-state index in [9.17, 15) is 4.55 Å². The molecule has 1 fully saturated rings. The van der Waals surface area contributed by atoms with E-state index in [1.165, 1.54) is 19.5 Å². The molecule has 0 unspecified atom stereocenters. The second-order valence-electron chi connectivity index (χ2n) is 5.89. The molecule has 0 bridgehead atoms. The number of rotatable bonds is 5. The average molecular weight is 315 g/mol. The van der Waals surface area contributed by atoms with Crippen LogP contribution in [0.3, 0.4) is 0 Å². The van der Waals surface area contributed by atoms with Crippen LogP contribution in [0.25, 0.3) is 11.1 Å². The zero-order chi connectivity index (χ0) is 15.0. The van der Waals surface area contributed by atoms with E-state index in [-0.39, 0.29) is 0 Å². The van der Waals surface area contributed by atoms with Crippen LogP contribution in [-0.4, -0.2) is 35.7 Å². The molecular weight excluding hydrogens is 294 g/mol. The van der Waals surface area contributed by atoms with Crippen molar-refractivity contribution in [1.29, 1.82) is 0 Å². The zero-order valence-electron chi connectivity index (χ0n) is 12.6. The monoisotopic (exact) mass is 315 g/mol. The summed E-state index contributed by atoms with van der Waals surface area (Å²) in [6, 6.07) is 16.1. The number of nitrogens with zero attached hydrogens (tertiary/aromatic N) is 1. The van der Waals surface area contributed by atoms with Crippen LogP contribution >= 0.6 is 10.6 Å². The molecule has 0 aliphatic carbocycles. The minimum atomic E-state index is -2.33. The molecule has 4 heteroatoms. The van der Waals surface area contributed by atoms with Crippen molar-refractivity contribution >= 4 is 10.6 Å². The van der Waals surface area contributed by atoms with Crippen LogP contribution in [0.4, 0.5) is 0 Å². The fourth-order valence-electron chi connectivity index (χ4n) is 3.18. The van der Waals surface area contributed by atoms with Crippen LogP contribution in [-0.2, 0) is 4.18 Å². The number of benzene rings is 2. The lowest BCUT2D eigenvalue weighted by Crippen LogP contribution is -2.38. The highest BCUT2D eigenvalue weighted by Crippen LogP contribution is 2.69. The van der Waals surface area contributed by atoms with Gasteiger partial charge in [0.15, 0.2) is 0 Å². The van der Waals surface area contributed by atoms with Gasteiger partial charge in [0.05, 0.1) is 16.4 Å². The molecule has 0 radical (unpaired) electrons. The normalized spacial score (nSPS) is 20.0. The Balaban J connectivity index is 1.56. The second-order valence-corrected chi connectivity index (χ2v) is 8.06. The maximum absolute atomic E-state index is 11.3. The summed E-state index contributed by atoms with van der Waals surface area (Å²) in [4.78, 5) is 4.32. The lowest BCUT2D eigenvalue weighted by molar-refractivity contribution is 0.166. The van der Waals surface area contributed by atoms with Crippen molar-refractivity contribution in [2.24, 2.45) is 0 Å². The molecule has 22 heavy (non-hydrogen) atoms. The van der Waals surface area contributed by atoms with Gasteiger partial charge in [0, 0.05) is 17.7 Å². The van der Waals surface area contributed by atoms with Crippen LogP contribution in [0.1, 0.15) is 12.8 Å². The first-order valence-corrected chi connectivity index (χ1v) is 9.41. The van der Waals surface area contributed by atoms with Gasteiger partial charge in [-0.3, -0.25) is 8.74 Å². The van der Waals surface area contributed by atoms with Crippen molar-refractivity contribution in [1.82, 2.24) is 4.90 Å². The molecule has 4 rings (SSSR count). The van der Waals surface area contributed by atoms with E-state index in [1.54, 1.807) is 0 Å². The van der Waals surface area contributed by atoms with Crippen LogP contribution in [0.15, 0.2) is 58.3 Å². The third-order valence-electron chi connectivity index (χ3n) is 4.48. The average Bonchev–Trinajstić information content (AvgIpc) is 2.77. The largest absolute Gasteiger partial charge is 0.303 e. The minimum absolute atomic E-state index is 0.602. The van der Waals surface area contributed by atoms with E-state index in [1.807, 2.05) is 36.4 Å². The number of hydrogen-bond acceptors (Lipinski definition) is 3. The Labute approximate surface area is 133 Å². The Kier molecular flexibility index (Phi) is 3.70. The first-order valence-electron chi connectivity index (χ1n) is 7.90. The van der Waals surface area contributed by atoms with E-state index >= 15 is 0 Å². The smallest absolute Gasteiger partial charge is 0.0735 e. The van der Waals surface area contributed by atoms with Gasteiger partial charge in [-0.1, -0.05) is 36.4 Å². The summed E-state index contributed by atoms with van der Waals surface area (Å²) < 4.78 is 17.4. The summed E-state index contributed by atoms with van der Waals surface area (Å²) in [7, 11) is -2.33. The molecule has 2 aromatic carbocycles. The van der Waals surface area contributed by atoms with Gasteiger partial charge in [-0.25, -0.2) is 0 Å². The highest BCUT2D eigenvalue weighted by atomic mass is 32.3. The van der Waals surface area contributed by atoms with Gasteiger partial charge in [0.2, 0.25) is 0 Å². The van der Waals surface area contributed by atoms with Crippen molar-refractivity contribution in [2.75, 3.05) is 26.2 Å². The molecule has 0 saturated carbocycles. The van der Waals surface area contributed by atoms with Crippen LogP contribution in [0.2, 0.25) is 0 Å². The van der Waals surface area contributed by atoms with Crippen LogP contribution < -0.4 is 0 Å². The van der Waals surface area contributed by atoms with E-state index in [2.05, 4.69) is 17.0 Å². The van der Waals surface area contributed by atoms with E-state index < -0.39 is 10.6 Å². The third kappa shape index (κ3) is 2.27. The Morgan fingerprint density at radius 1 is 0.955 bits per heavy atom. The molecule has 2 aliphatic heterocycles. The molecule has 0 atom stereocenters. The fraction of sp³-hybridized carbons (Fsp3) is 0.333. The molecule has 1 saturated heterocycles. The van der Waals surface area contributed by atoms with Crippen molar-refractivity contribution in [3.8, 4) is 11.1 Å². The van der Waals surface area contributed by atoms with Gasteiger partial charge in [-0.15, -0.1) is 10.6 Å². The summed E-state index contributed by atoms with van der Waals surface area (Å²) in [6.07, 6.45) is 2.29. The highest BCUT2D eigenvalue weighted by molar-refractivity contribution is 8.25. The second kappa shape index (κ2) is 5.70. The number of likely N-dealkylation sites (tertiary alicyclic amines) is 1. The molecule has 2 aliphatic rings. The van der Waals surface area contributed by atoms with Crippen molar-refractivity contribution in [3.63, 3.8) is 0 Å².